The van der Waals surface area contributed by atoms with E-state index in [-0.39, 0.29) is 36.5 Å². The molecule has 50 heavy (non-hydrogen) atoms. The van der Waals surface area contributed by atoms with Gasteiger partial charge in [0, 0.05) is 25.1 Å². The minimum atomic E-state index is -0.923. The molecule has 1 heterocycles. The summed E-state index contributed by atoms with van der Waals surface area (Å²) in [5.74, 6) is -2.22. The fraction of sp³-hybridized carbons (Fsp3) is 0.457. The number of anilines is 1. The minimum absolute atomic E-state index is 0.00467. The maximum Gasteiger partial charge on any atom is 0.412 e. The largest absolute Gasteiger partial charge is 0.464 e. The highest BCUT2D eigenvalue weighted by Gasteiger charge is 2.28. The van der Waals surface area contributed by atoms with Crippen LogP contribution in [0.15, 0.2) is 48.7 Å². The van der Waals surface area contributed by atoms with Gasteiger partial charge < -0.3 is 19.5 Å². The Hall–Kier alpha value is -4.56. The Balaban J connectivity index is 1.64. The molecule has 0 unspecified atom stereocenters. The van der Waals surface area contributed by atoms with E-state index >= 15 is 0 Å². The Morgan fingerprint density at radius 3 is 2.40 bits per heavy atom. The zero-order chi connectivity index (χ0) is 37.0. The zero-order valence-electron chi connectivity index (χ0n) is 29.0. The van der Waals surface area contributed by atoms with E-state index in [1.165, 1.54) is 48.5 Å². The third-order valence-electron chi connectivity index (χ3n) is 7.27. The molecular formula is C35H44ClF2N5O7. The highest BCUT2D eigenvalue weighted by molar-refractivity contribution is 6.31. The third-order valence-corrected chi connectivity index (χ3v) is 7.69. The first kappa shape index (κ1) is 39.9. The summed E-state index contributed by atoms with van der Waals surface area (Å²) < 4.78 is 43.9. The van der Waals surface area contributed by atoms with E-state index in [9.17, 15) is 28.0 Å². The van der Waals surface area contributed by atoms with Crippen LogP contribution >= 0.6 is 11.6 Å². The second kappa shape index (κ2) is 18.4. The van der Waals surface area contributed by atoms with Crippen molar-refractivity contribution in [3.05, 3.63) is 70.9 Å². The van der Waals surface area contributed by atoms with Gasteiger partial charge in [-0.1, -0.05) is 37.6 Å². The van der Waals surface area contributed by atoms with Crippen LogP contribution < -0.4 is 16.1 Å². The number of esters is 1. The molecule has 0 bridgehead atoms. The van der Waals surface area contributed by atoms with Gasteiger partial charge in [-0.25, -0.2) is 33.6 Å². The molecular weight excluding hydrogens is 676 g/mol. The molecule has 3 N–H and O–H groups in total. The summed E-state index contributed by atoms with van der Waals surface area (Å²) in [6, 6.07) is 8.35. The predicted octanol–water partition coefficient (Wildman–Crippen LogP) is 6.90. The second-order valence-corrected chi connectivity index (χ2v) is 13.3. The number of pyridine rings is 1. The smallest absolute Gasteiger partial charge is 0.412 e. The lowest BCUT2D eigenvalue weighted by molar-refractivity contribution is -0.147. The summed E-state index contributed by atoms with van der Waals surface area (Å²) in [7, 11) is 0. The van der Waals surface area contributed by atoms with Crippen molar-refractivity contribution in [2.24, 2.45) is 5.92 Å². The van der Waals surface area contributed by atoms with Crippen molar-refractivity contribution in [3.8, 4) is 0 Å². The first-order valence-corrected chi connectivity index (χ1v) is 16.5. The monoisotopic (exact) mass is 719 g/mol. The van der Waals surface area contributed by atoms with Gasteiger partial charge in [-0.2, -0.15) is 0 Å². The Bertz CT molecular complexity index is 1650. The first-order valence-electron chi connectivity index (χ1n) is 16.2. The molecule has 12 nitrogen and oxygen atoms in total. The molecule has 3 amide bonds. The number of rotatable bonds is 15. The molecule has 0 spiro atoms. The number of hydrazine groups is 1. The van der Waals surface area contributed by atoms with E-state index in [0.717, 1.165) is 0 Å². The lowest BCUT2D eigenvalue weighted by Gasteiger charge is -2.31. The fourth-order valence-electron chi connectivity index (χ4n) is 4.81. The first-order chi connectivity index (χ1) is 23.5. The number of alkyl carbamates (subject to hydrolysis) is 1. The van der Waals surface area contributed by atoms with Crippen LogP contribution in [0.25, 0.3) is 10.8 Å². The molecule has 2 atom stereocenters. The molecule has 0 saturated carbocycles. The maximum atomic E-state index is 14.0. The van der Waals surface area contributed by atoms with Crippen LogP contribution in [0.1, 0.15) is 66.4 Å². The fourth-order valence-corrected chi connectivity index (χ4v) is 5.00. The Morgan fingerprint density at radius 1 is 0.980 bits per heavy atom. The quantitative estimate of drug-likeness (QED) is 0.0660. The summed E-state index contributed by atoms with van der Waals surface area (Å²) in [4.78, 5) is 54.7. The molecule has 272 valence electrons. The normalized spacial score (nSPS) is 12.6. The number of unbranched alkanes of at least 4 members (excludes halogenated alkanes) is 1. The van der Waals surface area contributed by atoms with Crippen LogP contribution in [0.3, 0.4) is 0 Å². The predicted molar refractivity (Wildman–Crippen MR) is 184 cm³/mol. The lowest BCUT2D eigenvalue weighted by atomic mass is 10.1. The Morgan fingerprint density at radius 2 is 1.72 bits per heavy atom. The summed E-state index contributed by atoms with van der Waals surface area (Å²) in [5, 5.41) is 7.44. The van der Waals surface area contributed by atoms with Crippen LogP contribution in [-0.2, 0) is 30.3 Å². The van der Waals surface area contributed by atoms with Crippen molar-refractivity contribution in [3.63, 3.8) is 0 Å². The number of carbonyl (C=O) groups is 4. The van der Waals surface area contributed by atoms with E-state index in [1.807, 2.05) is 0 Å². The van der Waals surface area contributed by atoms with Crippen molar-refractivity contribution in [1.29, 1.82) is 0 Å². The molecule has 2 aromatic carbocycles. The number of halogens is 3. The molecule has 0 saturated heterocycles. The average Bonchev–Trinajstić information content (AvgIpc) is 3.02. The van der Waals surface area contributed by atoms with Gasteiger partial charge in [0.15, 0.2) is 0 Å². The number of nitrogens with zero attached hydrogens (tertiary/aromatic N) is 2. The summed E-state index contributed by atoms with van der Waals surface area (Å²) >= 11 is 6.11. The molecule has 0 fully saturated rings. The average molecular weight is 720 g/mol. The number of nitrogens with one attached hydrogen (secondary N) is 3. The number of fused-ring (bicyclic) bond motifs is 1. The van der Waals surface area contributed by atoms with Crippen molar-refractivity contribution in [1.82, 2.24) is 20.7 Å². The number of hydrogen-bond acceptors (Lipinski definition) is 9. The van der Waals surface area contributed by atoms with Crippen molar-refractivity contribution < 1.29 is 42.2 Å². The molecule has 1 aromatic heterocycles. The second-order valence-electron chi connectivity index (χ2n) is 12.9. The number of hydrogen-bond donors (Lipinski definition) is 3. The van der Waals surface area contributed by atoms with E-state index in [4.69, 9.17) is 25.8 Å². The Labute approximate surface area is 295 Å². The lowest BCUT2D eigenvalue weighted by Crippen LogP contribution is -2.50. The highest BCUT2D eigenvalue weighted by Crippen LogP contribution is 2.21. The standard InChI is InChI=1S/C35H44ClF2N5O7/c1-21(2)31(42-34(47)50-35(4,5)6)32(45)48-15-8-7-11-27(43(22(3)44)40-19-24-10-9-12-28(38)30(24)36)20-49-33(46)41-29-17-25-16-26(37)14-13-23(25)18-39-29/h9-10,12-14,16-18,21,27,31,40H,7-8,11,15,19-20H2,1-6H3,(H,42,47)(H,39,41,46)/t27-,31+/m0/s1. The van der Waals surface area contributed by atoms with Crippen molar-refractivity contribution in [2.45, 2.75) is 85.0 Å². The van der Waals surface area contributed by atoms with Crippen LogP contribution in [0.2, 0.25) is 5.02 Å². The molecule has 0 radical (unpaired) electrons. The van der Waals surface area contributed by atoms with Gasteiger partial charge >= 0.3 is 18.2 Å². The van der Waals surface area contributed by atoms with Crippen LogP contribution in [0, 0.1) is 17.6 Å². The summed E-state index contributed by atoms with van der Waals surface area (Å²) in [5.41, 5.74) is 2.62. The van der Waals surface area contributed by atoms with Crippen molar-refractivity contribution in [2.75, 3.05) is 18.5 Å². The molecule has 3 aromatic rings. The van der Waals surface area contributed by atoms with Gasteiger partial charge in [-0.3, -0.25) is 15.1 Å². The van der Waals surface area contributed by atoms with Crippen LogP contribution in [0.5, 0.6) is 0 Å². The number of benzene rings is 2. The molecule has 0 aliphatic carbocycles. The number of ether oxygens (including phenoxy) is 3. The van der Waals surface area contributed by atoms with E-state index in [2.05, 4.69) is 21.0 Å². The molecule has 15 heteroatoms. The van der Waals surface area contributed by atoms with Gasteiger partial charge in [-0.15, -0.1) is 0 Å². The zero-order valence-corrected chi connectivity index (χ0v) is 29.7. The Kier molecular flexibility index (Phi) is 14.7. The van der Waals surface area contributed by atoms with Crippen LogP contribution in [-0.4, -0.2) is 65.0 Å². The number of aromatic nitrogens is 1. The summed E-state index contributed by atoms with van der Waals surface area (Å²) in [6.07, 6.45) is 0.994. The maximum absolute atomic E-state index is 14.0. The van der Waals surface area contributed by atoms with Gasteiger partial charge in [0.2, 0.25) is 5.91 Å². The van der Waals surface area contributed by atoms with Crippen LogP contribution in [0.4, 0.5) is 24.2 Å². The van der Waals surface area contributed by atoms with E-state index < -0.39 is 53.4 Å². The minimum Gasteiger partial charge on any atom is -0.464 e. The molecule has 0 aliphatic heterocycles. The number of amides is 3. The SMILES string of the molecule is CC(=O)N(NCc1cccc(F)c1Cl)[C@@H](CCCCOC(=O)[C@H](NC(=O)OC(C)(C)C)C(C)C)COC(=O)Nc1cc2cc(F)ccc2cn1. The van der Waals surface area contributed by atoms with E-state index in [0.29, 0.717) is 35.6 Å². The highest BCUT2D eigenvalue weighted by atomic mass is 35.5. The van der Waals surface area contributed by atoms with Crippen molar-refractivity contribution >= 4 is 52.3 Å². The van der Waals surface area contributed by atoms with E-state index in [1.54, 1.807) is 46.8 Å². The number of carbonyl (C=O) groups excluding carboxylic acids is 4. The topological polar surface area (TPSA) is 148 Å². The third kappa shape index (κ3) is 12.7. The van der Waals surface area contributed by atoms with Gasteiger partial charge in [0.05, 0.1) is 17.7 Å². The van der Waals surface area contributed by atoms with Gasteiger partial charge in [0.25, 0.3) is 0 Å². The molecule has 0 aliphatic rings. The van der Waals surface area contributed by atoms with Gasteiger partial charge in [0.1, 0.15) is 35.7 Å². The molecule has 3 rings (SSSR count). The summed E-state index contributed by atoms with van der Waals surface area (Å²) in [6.45, 7) is 9.74. The van der Waals surface area contributed by atoms with Gasteiger partial charge in [-0.05, 0) is 87.2 Å².